The van der Waals surface area contributed by atoms with Crippen LogP contribution in [0.15, 0.2) is 6.07 Å². The number of ether oxygens (including phenoxy) is 1. The topological polar surface area (TPSA) is 47.0 Å². The van der Waals surface area contributed by atoms with Gasteiger partial charge < -0.3 is 10.1 Å². The van der Waals surface area contributed by atoms with Crippen LogP contribution in [0.3, 0.4) is 0 Å². The molecule has 0 amide bonds. The molecule has 0 bridgehead atoms. The second kappa shape index (κ2) is 7.31. The van der Waals surface area contributed by atoms with E-state index in [0.29, 0.717) is 6.10 Å². The van der Waals surface area contributed by atoms with Gasteiger partial charge in [-0.05, 0) is 32.1 Å². The molecule has 0 unspecified atom stereocenters. The van der Waals surface area contributed by atoms with E-state index in [0.717, 1.165) is 43.2 Å². The molecule has 2 rings (SSSR count). The van der Waals surface area contributed by atoms with Crippen molar-refractivity contribution in [2.75, 3.05) is 12.4 Å². The Kier molecular flexibility index (Phi) is 5.43. The highest BCUT2D eigenvalue weighted by Crippen LogP contribution is 2.23. The lowest BCUT2D eigenvalue weighted by Crippen LogP contribution is -2.16. The van der Waals surface area contributed by atoms with Crippen LogP contribution in [0.25, 0.3) is 0 Å². The smallest absolute Gasteiger partial charge is 0.218 e. The zero-order valence-electron chi connectivity index (χ0n) is 12.1. The minimum atomic E-state index is 0.330. The van der Waals surface area contributed by atoms with Gasteiger partial charge >= 0.3 is 0 Å². The molecule has 1 aromatic heterocycles. The molecule has 0 aromatic carbocycles. The van der Waals surface area contributed by atoms with E-state index in [9.17, 15) is 0 Å². The fourth-order valence-corrected chi connectivity index (χ4v) is 2.53. The summed E-state index contributed by atoms with van der Waals surface area (Å²) < 4.78 is 6.07. The van der Waals surface area contributed by atoms with Gasteiger partial charge in [0.1, 0.15) is 17.7 Å². The Morgan fingerprint density at radius 1 is 1.21 bits per heavy atom. The summed E-state index contributed by atoms with van der Waals surface area (Å²) in [5.41, 5.74) is 0. The van der Waals surface area contributed by atoms with Crippen LogP contribution in [-0.4, -0.2) is 23.1 Å². The van der Waals surface area contributed by atoms with Crippen molar-refractivity contribution in [3.63, 3.8) is 0 Å². The average molecular weight is 263 g/mol. The SMILES string of the molecule is CCCc1nc(NC)cc(OC2CCCCCC2)n1. The second-order valence-electron chi connectivity index (χ2n) is 5.24. The molecule has 1 aliphatic carbocycles. The maximum absolute atomic E-state index is 6.07. The normalized spacial score (nSPS) is 16.9. The van der Waals surface area contributed by atoms with Crippen LogP contribution in [-0.2, 0) is 6.42 Å². The summed E-state index contributed by atoms with van der Waals surface area (Å²) in [5, 5.41) is 3.08. The molecule has 4 heteroatoms. The summed E-state index contributed by atoms with van der Waals surface area (Å²) in [6, 6.07) is 1.91. The third-order valence-electron chi connectivity index (χ3n) is 3.57. The molecule has 1 aliphatic rings. The van der Waals surface area contributed by atoms with E-state index in [1.54, 1.807) is 0 Å². The summed E-state index contributed by atoms with van der Waals surface area (Å²) in [6.45, 7) is 2.14. The standard InChI is InChI=1S/C15H25N3O/c1-3-8-13-17-14(16-2)11-15(18-13)19-12-9-6-4-5-7-10-12/h11-12H,3-10H2,1-2H3,(H,16,17,18). The van der Waals surface area contributed by atoms with Gasteiger partial charge in [-0.1, -0.05) is 19.8 Å². The van der Waals surface area contributed by atoms with Gasteiger partial charge in [-0.2, -0.15) is 4.98 Å². The summed E-state index contributed by atoms with van der Waals surface area (Å²) in [4.78, 5) is 8.97. The van der Waals surface area contributed by atoms with Gasteiger partial charge in [-0.3, -0.25) is 0 Å². The number of nitrogens with one attached hydrogen (secondary N) is 1. The molecule has 106 valence electrons. The molecule has 0 saturated heterocycles. The molecule has 1 heterocycles. The molecule has 1 aromatic rings. The largest absolute Gasteiger partial charge is 0.474 e. The van der Waals surface area contributed by atoms with Crippen LogP contribution in [0.1, 0.15) is 57.7 Å². The van der Waals surface area contributed by atoms with Crippen molar-refractivity contribution in [3.8, 4) is 5.88 Å². The zero-order valence-corrected chi connectivity index (χ0v) is 12.1. The highest BCUT2D eigenvalue weighted by molar-refractivity contribution is 5.37. The van der Waals surface area contributed by atoms with Crippen LogP contribution in [0.2, 0.25) is 0 Å². The zero-order chi connectivity index (χ0) is 13.5. The van der Waals surface area contributed by atoms with Gasteiger partial charge in [0.05, 0.1) is 0 Å². The minimum Gasteiger partial charge on any atom is -0.474 e. The number of aromatic nitrogens is 2. The molecule has 0 atom stereocenters. The van der Waals surface area contributed by atoms with E-state index in [-0.39, 0.29) is 0 Å². The monoisotopic (exact) mass is 263 g/mol. The lowest BCUT2D eigenvalue weighted by molar-refractivity contribution is 0.175. The maximum Gasteiger partial charge on any atom is 0.218 e. The highest BCUT2D eigenvalue weighted by Gasteiger charge is 2.15. The summed E-state index contributed by atoms with van der Waals surface area (Å²) >= 11 is 0. The number of aryl methyl sites for hydroxylation is 1. The summed E-state index contributed by atoms with van der Waals surface area (Å²) in [5.74, 6) is 2.45. The quantitative estimate of drug-likeness (QED) is 0.825. The first-order valence-electron chi connectivity index (χ1n) is 7.54. The van der Waals surface area contributed by atoms with E-state index in [1.807, 2.05) is 13.1 Å². The minimum absolute atomic E-state index is 0.330. The summed E-state index contributed by atoms with van der Waals surface area (Å²) in [7, 11) is 1.88. The van der Waals surface area contributed by atoms with Gasteiger partial charge in [-0.25, -0.2) is 4.98 Å². The number of rotatable bonds is 5. The fraction of sp³-hybridized carbons (Fsp3) is 0.733. The first kappa shape index (κ1) is 14.1. The van der Waals surface area contributed by atoms with Crippen LogP contribution in [0.5, 0.6) is 5.88 Å². The molecule has 1 N–H and O–H groups in total. The number of hydrogen-bond donors (Lipinski definition) is 1. The molecule has 1 fully saturated rings. The van der Waals surface area contributed by atoms with Crippen molar-refractivity contribution in [2.45, 2.75) is 64.4 Å². The van der Waals surface area contributed by atoms with E-state index >= 15 is 0 Å². The van der Waals surface area contributed by atoms with Crippen LogP contribution in [0, 0.1) is 0 Å². The second-order valence-corrected chi connectivity index (χ2v) is 5.24. The molecule has 0 radical (unpaired) electrons. The third-order valence-corrected chi connectivity index (χ3v) is 3.57. The molecule has 0 spiro atoms. The van der Waals surface area contributed by atoms with E-state index < -0.39 is 0 Å². The van der Waals surface area contributed by atoms with Crippen molar-refractivity contribution in [2.24, 2.45) is 0 Å². The molecule has 19 heavy (non-hydrogen) atoms. The predicted molar refractivity (Wildman–Crippen MR) is 77.7 cm³/mol. The Balaban J connectivity index is 2.06. The number of hydrogen-bond acceptors (Lipinski definition) is 4. The first-order valence-corrected chi connectivity index (χ1v) is 7.54. The Bertz CT molecular complexity index is 387. The van der Waals surface area contributed by atoms with Crippen LogP contribution in [0.4, 0.5) is 5.82 Å². The van der Waals surface area contributed by atoms with Crippen molar-refractivity contribution in [3.05, 3.63) is 11.9 Å². The third kappa shape index (κ3) is 4.37. The lowest BCUT2D eigenvalue weighted by atomic mass is 10.1. The van der Waals surface area contributed by atoms with Crippen LogP contribution < -0.4 is 10.1 Å². The van der Waals surface area contributed by atoms with E-state index in [1.165, 1.54) is 25.7 Å². The van der Waals surface area contributed by atoms with Crippen molar-refractivity contribution in [1.29, 1.82) is 0 Å². The van der Waals surface area contributed by atoms with E-state index in [4.69, 9.17) is 4.74 Å². The van der Waals surface area contributed by atoms with Gasteiger partial charge in [0, 0.05) is 19.5 Å². The number of nitrogens with zero attached hydrogens (tertiary/aromatic N) is 2. The average Bonchev–Trinajstić information content (AvgIpc) is 2.67. The van der Waals surface area contributed by atoms with Gasteiger partial charge in [0.15, 0.2) is 0 Å². The lowest BCUT2D eigenvalue weighted by Gasteiger charge is -2.17. The molecule has 4 nitrogen and oxygen atoms in total. The Morgan fingerprint density at radius 2 is 1.95 bits per heavy atom. The van der Waals surface area contributed by atoms with Crippen molar-refractivity contribution < 1.29 is 4.74 Å². The van der Waals surface area contributed by atoms with Gasteiger partial charge in [0.25, 0.3) is 0 Å². The molecular formula is C15H25N3O. The van der Waals surface area contributed by atoms with Crippen LogP contribution >= 0.6 is 0 Å². The number of anilines is 1. The van der Waals surface area contributed by atoms with Gasteiger partial charge in [0.2, 0.25) is 5.88 Å². The molecule has 0 aliphatic heterocycles. The first-order chi connectivity index (χ1) is 9.31. The molecule has 1 saturated carbocycles. The maximum atomic E-state index is 6.07. The Hall–Kier alpha value is -1.32. The molecular weight excluding hydrogens is 238 g/mol. The Morgan fingerprint density at radius 3 is 2.58 bits per heavy atom. The van der Waals surface area contributed by atoms with E-state index in [2.05, 4.69) is 22.2 Å². The predicted octanol–water partition coefficient (Wildman–Crippen LogP) is 3.57. The van der Waals surface area contributed by atoms with Crippen molar-refractivity contribution >= 4 is 5.82 Å². The van der Waals surface area contributed by atoms with Crippen molar-refractivity contribution in [1.82, 2.24) is 9.97 Å². The summed E-state index contributed by atoms with van der Waals surface area (Å²) in [6.07, 6.45) is 9.82. The fourth-order valence-electron chi connectivity index (χ4n) is 2.53. The van der Waals surface area contributed by atoms with Gasteiger partial charge in [-0.15, -0.1) is 0 Å². The highest BCUT2D eigenvalue weighted by atomic mass is 16.5. The Labute approximate surface area is 116 Å².